The summed E-state index contributed by atoms with van der Waals surface area (Å²) >= 11 is 0. The van der Waals surface area contributed by atoms with Crippen LogP contribution in [-0.2, 0) is 0 Å². The van der Waals surface area contributed by atoms with Crippen molar-refractivity contribution in [2.45, 2.75) is 38.8 Å². The Morgan fingerprint density at radius 1 is 1.40 bits per heavy atom. The maximum atomic E-state index is 5.99. The number of nitrogens with two attached hydrogens (primary N) is 1. The molecule has 1 aromatic rings. The second-order valence-corrected chi connectivity index (χ2v) is 6.08. The minimum absolute atomic E-state index is 0.163. The maximum Gasteiger partial charge on any atom is 0.123 e. The Morgan fingerprint density at radius 3 is 2.75 bits per heavy atom. The van der Waals surface area contributed by atoms with Crippen LogP contribution in [0.5, 0.6) is 5.75 Å². The van der Waals surface area contributed by atoms with Crippen molar-refractivity contribution in [3.63, 3.8) is 0 Å². The Balaban J connectivity index is 2.08. The van der Waals surface area contributed by atoms with E-state index in [1.54, 1.807) is 0 Å². The smallest absolute Gasteiger partial charge is 0.123 e. The average Bonchev–Trinajstić information content (AvgIpc) is 2.73. The molecule has 4 heteroatoms. The molecule has 2 N–H and O–H groups in total. The molecule has 1 aromatic carbocycles. The van der Waals surface area contributed by atoms with Gasteiger partial charge in [-0.15, -0.1) is 0 Å². The molecule has 0 aromatic heterocycles. The molecule has 1 unspecified atom stereocenters. The normalized spacial score (nSPS) is 19.6. The molecule has 0 bridgehead atoms. The summed E-state index contributed by atoms with van der Waals surface area (Å²) in [7, 11) is 4.33. The van der Waals surface area contributed by atoms with Crippen molar-refractivity contribution in [3.05, 3.63) is 18.2 Å². The van der Waals surface area contributed by atoms with Crippen LogP contribution in [0.1, 0.15) is 26.7 Å². The first-order valence-electron chi connectivity index (χ1n) is 7.44. The summed E-state index contributed by atoms with van der Waals surface area (Å²) in [6, 6.07) is 6.61. The zero-order valence-electron chi connectivity index (χ0n) is 13.1. The predicted octanol–water partition coefficient (Wildman–Crippen LogP) is 2.59. The SMILES string of the molecule is CC(C)Oc1cc(N)cc(N(C)CC2CCCN2C)c1. The van der Waals surface area contributed by atoms with Gasteiger partial charge in [0.1, 0.15) is 5.75 Å². The molecule has 2 rings (SSSR count). The number of anilines is 2. The number of hydrogen-bond acceptors (Lipinski definition) is 4. The summed E-state index contributed by atoms with van der Waals surface area (Å²) in [6.45, 7) is 6.29. The lowest BCUT2D eigenvalue weighted by Gasteiger charge is -2.28. The van der Waals surface area contributed by atoms with E-state index in [-0.39, 0.29) is 6.10 Å². The first-order chi connectivity index (χ1) is 9.45. The van der Waals surface area contributed by atoms with Crippen LogP contribution in [0.2, 0.25) is 0 Å². The van der Waals surface area contributed by atoms with Crippen molar-refractivity contribution >= 4 is 11.4 Å². The minimum atomic E-state index is 0.163. The number of nitrogens with zero attached hydrogens (tertiary/aromatic N) is 2. The van der Waals surface area contributed by atoms with Gasteiger partial charge in [-0.2, -0.15) is 0 Å². The molecular weight excluding hydrogens is 250 g/mol. The van der Waals surface area contributed by atoms with E-state index >= 15 is 0 Å². The molecule has 0 radical (unpaired) electrons. The number of hydrogen-bond donors (Lipinski definition) is 1. The third-order valence-electron chi connectivity index (χ3n) is 3.88. The summed E-state index contributed by atoms with van der Waals surface area (Å²) < 4.78 is 5.76. The third kappa shape index (κ3) is 3.79. The van der Waals surface area contributed by atoms with Gasteiger partial charge in [0.05, 0.1) is 6.10 Å². The van der Waals surface area contributed by atoms with Crippen molar-refractivity contribution in [2.24, 2.45) is 0 Å². The molecule has 1 heterocycles. The topological polar surface area (TPSA) is 41.7 Å². The third-order valence-corrected chi connectivity index (χ3v) is 3.88. The summed E-state index contributed by atoms with van der Waals surface area (Å²) in [4.78, 5) is 4.71. The lowest BCUT2D eigenvalue weighted by atomic mass is 10.2. The van der Waals surface area contributed by atoms with Gasteiger partial charge < -0.3 is 20.3 Å². The largest absolute Gasteiger partial charge is 0.491 e. The second-order valence-electron chi connectivity index (χ2n) is 6.08. The summed E-state index contributed by atoms with van der Waals surface area (Å²) in [6.07, 6.45) is 2.74. The van der Waals surface area contributed by atoms with Gasteiger partial charge >= 0.3 is 0 Å². The molecule has 1 atom stereocenters. The van der Waals surface area contributed by atoms with Crippen LogP contribution in [-0.4, -0.2) is 44.2 Å². The highest BCUT2D eigenvalue weighted by molar-refractivity contribution is 5.60. The molecule has 0 spiro atoms. The van der Waals surface area contributed by atoms with E-state index in [9.17, 15) is 0 Å². The molecule has 0 amide bonds. The van der Waals surface area contributed by atoms with E-state index in [2.05, 4.69) is 30.0 Å². The average molecular weight is 277 g/mol. The second kappa shape index (κ2) is 6.35. The van der Waals surface area contributed by atoms with Gasteiger partial charge in [0.25, 0.3) is 0 Å². The molecule has 4 nitrogen and oxygen atoms in total. The molecule has 0 saturated carbocycles. The fourth-order valence-corrected chi connectivity index (χ4v) is 2.80. The van der Waals surface area contributed by atoms with Crippen LogP contribution < -0.4 is 15.4 Å². The summed E-state index contributed by atoms with van der Waals surface area (Å²) in [5.74, 6) is 0.849. The standard InChI is InChI=1S/C16H27N3O/c1-12(2)20-16-9-13(17)8-15(10-16)19(4)11-14-6-5-7-18(14)3/h8-10,12,14H,5-7,11,17H2,1-4H3. The van der Waals surface area contributed by atoms with Gasteiger partial charge in [-0.1, -0.05) is 0 Å². The van der Waals surface area contributed by atoms with Gasteiger partial charge in [0.2, 0.25) is 0 Å². The number of rotatable bonds is 5. The first kappa shape index (κ1) is 15.0. The fraction of sp³-hybridized carbons (Fsp3) is 0.625. The molecule has 1 aliphatic heterocycles. The fourth-order valence-electron chi connectivity index (χ4n) is 2.80. The molecule has 112 valence electrons. The van der Waals surface area contributed by atoms with Crippen molar-refractivity contribution in [3.8, 4) is 5.75 Å². The zero-order valence-corrected chi connectivity index (χ0v) is 13.1. The molecule has 0 aliphatic carbocycles. The Bertz CT molecular complexity index is 447. The maximum absolute atomic E-state index is 5.99. The highest BCUT2D eigenvalue weighted by atomic mass is 16.5. The van der Waals surface area contributed by atoms with E-state index in [0.29, 0.717) is 6.04 Å². The lowest BCUT2D eigenvalue weighted by Crippen LogP contribution is -2.36. The molecule has 1 aliphatic rings. The Hall–Kier alpha value is -1.42. The number of likely N-dealkylation sites (tertiary alicyclic amines) is 1. The predicted molar refractivity (Wildman–Crippen MR) is 85.5 cm³/mol. The highest BCUT2D eigenvalue weighted by Gasteiger charge is 2.22. The van der Waals surface area contributed by atoms with E-state index in [1.807, 2.05) is 26.0 Å². The van der Waals surface area contributed by atoms with Crippen molar-refractivity contribution in [2.75, 3.05) is 37.8 Å². The van der Waals surface area contributed by atoms with Gasteiger partial charge in [0, 0.05) is 43.1 Å². The zero-order chi connectivity index (χ0) is 14.7. The van der Waals surface area contributed by atoms with Crippen molar-refractivity contribution in [1.29, 1.82) is 0 Å². The summed E-state index contributed by atoms with van der Waals surface area (Å²) in [5, 5.41) is 0. The molecule has 1 saturated heterocycles. The van der Waals surface area contributed by atoms with Crippen LogP contribution in [0, 0.1) is 0 Å². The number of likely N-dealkylation sites (N-methyl/N-ethyl adjacent to an activating group) is 2. The number of nitrogen functional groups attached to an aromatic ring is 1. The molecule has 1 fully saturated rings. The van der Waals surface area contributed by atoms with Crippen LogP contribution in [0.3, 0.4) is 0 Å². The Labute approximate surface area is 122 Å². The quantitative estimate of drug-likeness (QED) is 0.840. The summed E-state index contributed by atoms with van der Waals surface area (Å²) in [5.41, 5.74) is 7.87. The van der Waals surface area contributed by atoms with Crippen LogP contribution in [0.15, 0.2) is 18.2 Å². The molecule has 20 heavy (non-hydrogen) atoms. The molecular formula is C16H27N3O. The van der Waals surface area contributed by atoms with Crippen LogP contribution >= 0.6 is 0 Å². The van der Waals surface area contributed by atoms with Gasteiger partial charge in [-0.3, -0.25) is 0 Å². The van der Waals surface area contributed by atoms with Gasteiger partial charge in [0.15, 0.2) is 0 Å². The van der Waals surface area contributed by atoms with Gasteiger partial charge in [-0.25, -0.2) is 0 Å². The van der Waals surface area contributed by atoms with E-state index in [0.717, 1.165) is 23.7 Å². The van der Waals surface area contributed by atoms with E-state index in [4.69, 9.17) is 10.5 Å². The van der Waals surface area contributed by atoms with E-state index in [1.165, 1.54) is 19.4 Å². The van der Waals surface area contributed by atoms with Gasteiger partial charge in [-0.05, 0) is 46.3 Å². The van der Waals surface area contributed by atoms with Crippen LogP contribution in [0.25, 0.3) is 0 Å². The van der Waals surface area contributed by atoms with E-state index < -0.39 is 0 Å². The number of benzene rings is 1. The Kier molecular flexibility index (Phi) is 4.76. The van der Waals surface area contributed by atoms with Crippen molar-refractivity contribution in [1.82, 2.24) is 4.90 Å². The highest BCUT2D eigenvalue weighted by Crippen LogP contribution is 2.27. The number of ether oxygens (including phenoxy) is 1. The minimum Gasteiger partial charge on any atom is -0.491 e. The van der Waals surface area contributed by atoms with Crippen LogP contribution in [0.4, 0.5) is 11.4 Å². The Morgan fingerprint density at radius 2 is 2.15 bits per heavy atom. The van der Waals surface area contributed by atoms with Crippen molar-refractivity contribution < 1.29 is 4.74 Å². The lowest BCUT2D eigenvalue weighted by molar-refractivity contribution is 0.242. The monoisotopic (exact) mass is 277 g/mol. The first-order valence-corrected chi connectivity index (χ1v) is 7.44.